The van der Waals surface area contributed by atoms with E-state index in [1.54, 1.807) is 11.8 Å². The van der Waals surface area contributed by atoms with Crippen molar-refractivity contribution in [1.82, 2.24) is 5.32 Å². The summed E-state index contributed by atoms with van der Waals surface area (Å²) in [6.45, 7) is 6.51. The van der Waals surface area contributed by atoms with Crippen LogP contribution in [0.15, 0.2) is 0 Å². The van der Waals surface area contributed by atoms with Gasteiger partial charge in [0.15, 0.2) is 0 Å². The second-order valence-corrected chi connectivity index (χ2v) is 4.96. The first kappa shape index (κ1) is 17.5. The molecule has 0 fully saturated rings. The number of carbonyl (C=O) groups is 1. The van der Waals surface area contributed by atoms with Gasteiger partial charge in [-0.2, -0.15) is 0 Å². The molecule has 0 aromatic rings. The van der Waals surface area contributed by atoms with Gasteiger partial charge in [0.25, 0.3) is 0 Å². The van der Waals surface area contributed by atoms with E-state index in [0.29, 0.717) is 6.54 Å². The Morgan fingerprint density at radius 3 is 2.53 bits per heavy atom. The number of unbranched alkanes of at least 4 members (excludes halogenated alkanes) is 1. The first-order valence-corrected chi connectivity index (χ1v) is 6.28. The van der Waals surface area contributed by atoms with Crippen LogP contribution >= 0.6 is 24.2 Å². The minimum Gasteiger partial charge on any atom is -0.351 e. The van der Waals surface area contributed by atoms with Gasteiger partial charge in [-0.1, -0.05) is 13.3 Å². The molecule has 5 heteroatoms. The van der Waals surface area contributed by atoms with E-state index in [-0.39, 0.29) is 29.6 Å². The lowest BCUT2D eigenvalue weighted by atomic mass is 10.3. The monoisotopic (exact) mass is 254 g/mol. The number of halogens is 1. The van der Waals surface area contributed by atoms with E-state index in [1.165, 1.54) is 12.8 Å². The third-order valence-corrected chi connectivity index (χ3v) is 3.22. The second-order valence-electron chi connectivity index (χ2n) is 3.51. The largest absolute Gasteiger partial charge is 0.351 e. The molecule has 0 aromatic carbocycles. The Hall–Kier alpha value is 0.0700. The average Bonchev–Trinajstić information content (AvgIpc) is 2.17. The molecule has 92 valence electrons. The van der Waals surface area contributed by atoms with E-state index in [2.05, 4.69) is 12.2 Å². The molecule has 0 spiro atoms. The number of hydrogen-bond donors (Lipinski definition) is 2. The zero-order valence-electron chi connectivity index (χ0n) is 9.79. The predicted molar refractivity (Wildman–Crippen MR) is 70.7 cm³/mol. The molecule has 0 saturated carbocycles. The fourth-order valence-electron chi connectivity index (χ4n) is 0.899. The van der Waals surface area contributed by atoms with E-state index >= 15 is 0 Å². The fraction of sp³-hybridized carbons (Fsp3) is 0.900. The highest BCUT2D eigenvalue weighted by Gasteiger charge is 2.14. The number of nitrogens with one attached hydrogen (secondary N) is 1. The van der Waals surface area contributed by atoms with Crippen LogP contribution in [0.5, 0.6) is 0 Å². The maximum absolute atomic E-state index is 11.5. The normalized spacial score (nSPS) is 13.9. The van der Waals surface area contributed by atoms with Crippen molar-refractivity contribution in [1.29, 1.82) is 0 Å². The lowest BCUT2D eigenvalue weighted by Crippen LogP contribution is -2.41. The highest BCUT2D eigenvalue weighted by Crippen LogP contribution is 2.12. The predicted octanol–water partition coefficient (Wildman–Crippen LogP) is 1.79. The van der Waals surface area contributed by atoms with Crippen LogP contribution in [0.1, 0.15) is 33.6 Å². The average molecular weight is 255 g/mol. The minimum atomic E-state index is 0. The van der Waals surface area contributed by atoms with Gasteiger partial charge < -0.3 is 11.1 Å². The van der Waals surface area contributed by atoms with Crippen LogP contribution in [0, 0.1) is 0 Å². The number of nitrogens with two attached hydrogens (primary N) is 1. The van der Waals surface area contributed by atoms with Crippen LogP contribution in [0.25, 0.3) is 0 Å². The summed E-state index contributed by atoms with van der Waals surface area (Å²) in [5, 5.41) is 2.91. The molecule has 1 amide bonds. The summed E-state index contributed by atoms with van der Waals surface area (Å²) in [6, 6.07) is 0.0803. The summed E-state index contributed by atoms with van der Waals surface area (Å²) in [4.78, 5) is 11.5. The van der Waals surface area contributed by atoms with Crippen molar-refractivity contribution in [3.63, 3.8) is 0 Å². The van der Waals surface area contributed by atoms with E-state index in [0.717, 1.165) is 5.75 Å². The molecule has 15 heavy (non-hydrogen) atoms. The SMILES string of the molecule is CCCCSC(C)C(=O)N[C@@H](C)CN.Cl. The summed E-state index contributed by atoms with van der Waals surface area (Å²) >= 11 is 1.71. The summed E-state index contributed by atoms with van der Waals surface area (Å²) in [6.07, 6.45) is 2.36. The molecule has 0 aliphatic heterocycles. The summed E-state index contributed by atoms with van der Waals surface area (Å²) in [7, 11) is 0. The van der Waals surface area contributed by atoms with E-state index in [9.17, 15) is 4.79 Å². The van der Waals surface area contributed by atoms with Gasteiger partial charge in [-0.25, -0.2) is 0 Å². The molecule has 0 aliphatic carbocycles. The van der Waals surface area contributed by atoms with Gasteiger partial charge >= 0.3 is 0 Å². The van der Waals surface area contributed by atoms with Gasteiger partial charge in [0.05, 0.1) is 5.25 Å². The molecule has 0 heterocycles. The Morgan fingerprint density at radius 1 is 1.47 bits per heavy atom. The Morgan fingerprint density at radius 2 is 2.07 bits per heavy atom. The molecule has 1 unspecified atom stereocenters. The molecular formula is C10H23ClN2OS. The molecule has 0 bridgehead atoms. The van der Waals surface area contributed by atoms with Crippen molar-refractivity contribution in [3.05, 3.63) is 0 Å². The van der Waals surface area contributed by atoms with Crippen molar-refractivity contribution in [2.24, 2.45) is 5.73 Å². The molecular weight excluding hydrogens is 232 g/mol. The van der Waals surface area contributed by atoms with Gasteiger partial charge in [0, 0.05) is 12.6 Å². The highest BCUT2D eigenvalue weighted by molar-refractivity contribution is 8.00. The van der Waals surface area contributed by atoms with Crippen LogP contribution in [0.3, 0.4) is 0 Å². The van der Waals surface area contributed by atoms with E-state index in [4.69, 9.17) is 5.73 Å². The zero-order chi connectivity index (χ0) is 11.0. The lowest BCUT2D eigenvalue weighted by Gasteiger charge is -2.15. The van der Waals surface area contributed by atoms with Crippen LogP contribution in [0.2, 0.25) is 0 Å². The highest BCUT2D eigenvalue weighted by atomic mass is 35.5. The summed E-state index contributed by atoms with van der Waals surface area (Å²) in [5.41, 5.74) is 5.42. The third-order valence-electron chi connectivity index (χ3n) is 1.98. The Balaban J connectivity index is 0. The van der Waals surface area contributed by atoms with Gasteiger partial charge in [-0.15, -0.1) is 24.2 Å². The van der Waals surface area contributed by atoms with Crippen LogP contribution in [-0.2, 0) is 4.79 Å². The maximum Gasteiger partial charge on any atom is 0.233 e. The molecule has 3 nitrogen and oxygen atoms in total. The Kier molecular flexibility index (Phi) is 12.3. The van der Waals surface area contributed by atoms with Crippen molar-refractivity contribution >= 4 is 30.1 Å². The molecule has 3 N–H and O–H groups in total. The first-order chi connectivity index (χ1) is 6.61. The number of hydrogen-bond acceptors (Lipinski definition) is 3. The molecule has 2 atom stereocenters. The van der Waals surface area contributed by atoms with Crippen molar-refractivity contribution in [2.75, 3.05) is 12.3 Å². The summed E-state index contributed by atoms with van der Waals surface area (Å²) < 4.78 is 0. The zero-order valence-corrected chi connectivity index (χ0v) is 11.4. The Bertz CT molecular complexity index is 170. The number of thioether (sulfide) groups is 1. The number of rotatable bonds is 7. The van der Waals surface area contributed by atoms with Crippen LogP contribution in [-0.4, -0.2) is 29.5 Å². The maximum atomic E-state index is 11.5. The van der Waals surface area contributed by atoms with Gasteiger partial charge in [-0.05, 0) is 26.0 Å². The summed E-state index contributed by atoms with van der Waals surface area (Å²) in [5.74, 6) is 1.16. The molecule has 0 radical (unpaired) electrons. The van der Waals surface area contributed by atoms with Crippen LogP contribution in [0.4, 0.5) is 0 Å². The fourth-order valence-corrected chi connectivity index (χ4v) is 1.93. The van der Waals surface area contributed by atoms with Gasteiger partial charge in [0.2, 0.25) is 5.91 Å². The molecule has 0 aliphatic rings. The van der Waals surface area contributed by atoms with E-state index < -0.39 is 0 Å². The second kappa shape index (κ2) is 10.6. The first-order valence-electron chi connectivity index (χ1n) is 5.23. The number of carbonyl (C=O) groups excluding carboxylic acids is 1. The Labute approximate surface area is 103 Å². The van der Waals surface area contributed by atoms with Gasteiger partial charge in [0.1, 0.15) is 0 Å². The minimum absolute atomic E-state index is 0. The quantitative estimate of drug-likeness (QED) is 0.681. The smallest absolute Gasteiger partial charge is 0.233 e. The van der Waals surface area contributed by atoms with Gasteiger partial charge in [-0.3, -0.25) is 4.79 Å². The molecule has 0 aromatic heterocycles. The molecule has 0 saturated heterocycles. The topological polar surface area (TPSA) is 55.1 Å². The van der Waals surface area contributed by atoms with Crippen LogP contribution < -0.4 is 11.1 Å². The third kappa shape index (κ3) is 9.03. The van der Waals surface area contributed by atoms with E-state index in [1.807, 2.05) is 13.8 Å². The van der Waals surface area contributed by atoms with Crippen molar-refractivity contribution in [3.8, 4) is 0 Å². The van der Waals surface area contributed by atoms with Crippen molar-refractivity contribution in [2.45, 2.75) is 44.9 Å². The standard InChI is InChI=1S/C10H22N2OS.ClH/c1-4-5-6-14-9(3)10(13)12-8(2)7-11;/h8-9H,4-7,11H2,1-3H3,(H,12,13);1H/t8-,9?;/m0./s1. The van der Waals surface area contributed by atoms with Crippen molar-refractivity contribution < 1.29 is 4.79 Å². The lowest BCUT2D eigenvalue weighted by molar-refractivity contribution is -0.120. The number of amides is 1. The molecule has 0 rings (SSSR count).